The number of ether oxygens (including phenoxy) is 1. The largest absolute Gasteiger partial charge is 0.491 e. The third-order valence-corrected chi connectivity index (χ3v) is 4.51. The van der Waals surface area contributed by atoms with Gasteiger partial charge in [-0.15, -0.1) is 0 Å². The number of rotatable bonds is 5. The molecule has 0 aromatic heterocycles. The van der Waals surface area contributed by atoms with Crippen LogP contribution in [0.15, 0.2) is 53.4 Å². The first-order valence-corrected chi connectivity index (χ1v) is 8.62. The normalized spacial score (nSPS) is 16.8. The summed E-state index contributed by atoms with van der Waals surface area (Å²) in [6.07, 6.45) is 0.847. The number of hydrogen-bond acceptors (Lipinski definition) is 5. The van der Waals surface area contributed by atoms with Gasteiger partial charge >= 0.3 is 0 Å². The molecule has 1 atom stereocenters. The van der Waals surface area contributed by atoms with Gasteiger partial charge in [-0.2, -0.15) is 0 Å². The summed E-state index contributed by atoms with van der Waals surface area (Å²) in [7, 11) is 0. The number of halogens is 1. The molecule has 2 aromatic rings. The third kappa shape index (κ3) is 4.63. The summed E-state index contributed by atoms with van der Waals surface area (Å²) in [6.45, 7) is 0.0908. The second kappa shape index (κ2) is 7.74. The molecule has 128 valence electrons. The SMILES string of the molecule is O=C1NC(=O)/C(=C/c2ccc(OC[C@@H](O)c3cccc(Cl)c3)cc2)S1. The summed E-state index contributed by atoms with van der Waals surface area (Å²) in [5, 5.41) is 12.5. The Labute approximate surface area is 153 Å². The Bertz CT molecular complexity index is 835. The molecule has 1 aliphatic rings. The lowest BCUT2D eigenvalue weighted by Gasteiger charge is -2.13. The Kier molecular flexibility index (Phi) is 5.43. The lowest BCUT2D eigenvalue weighted by molar-refractivity contribution is -0.115. The Hall–Kier alpha value is -2.28. The highest BCUT2D eigenvalue weighted by atomic mass is 35.5. The molecule has 2 aromatic carbocycles. The minimum absolute atomic E-state index is 0.0908. The molecule has 2 N–H and O–H groups in total. The minimum atomic E-state index is -0.787. The van der Waals surface area contributed by atoms with Gasteiger partial charge in [0.15, 0.2) is 0 Å². The first kappa shape index (κ1) is 17.5. The molecule has 0 unspecified atom stereocenters. The quantitative estimate of drug-likeness (QED) is 0.778. The van der Waals surface area contributed by atoms with Gasteiger partial charge in [-0.25, -0.2) is 0 Å². The summed E-state index contributed by atoms with van der Waals surface area (Å²) in [5.41, 5.74) is 1.46. The van der Waals surface area contributed by atoms with Crippen molar-refractivity contribution in [2.24, 2.45) is 0 Å². The van der Waals surface area contributed by atoms with Crippen molar-refractivity contribution in [1.82, 2.24) is 5.32 Å². The van der Waals surface area contributed by atoms with Crippen LogP contribution in [0, 0.1) is 0 Å². The van der Waals surface area contributed by atoms with Crippen LogP contribution in [0.3, 0.4) is 0 Å². The number of imide groups is 1. The summed E-state index contributed by atoms with van der Waals surface area (Å²) in [4.78, 5) is 23.0. The molecule has 0 bridgehead atoms. The van der Waals surface area contributed by atoms with Gasteiger partial charge in [0.1, 0.15) is 18.5 Å². The summed E-state index contributed by atoms with van der Waals surface area (Å²) < 4.78 is 5.57. The van der Waals surface area contributed by atoms with Crippen LogP contribution in [0.5, 0.6) is 5.75 Å². The number of benzene rings is 2. The van der Waals surface area contributed by atoms with Crippen LogP contribution in [0.1, 0.15) is 17.2 Å². The van der Waals surface area contributed by atoms with E-state index >= 15 is 0 Å². The molecule has 5 nitrogen and oxygen atoms in total. The van der Waals surface area contributed by atoms with Crippen molar-refractivity contribution in [3.05, 3.63) is 69.6 Å². The van der Waals surface area contributed by atoms with Gasteiger partial charge in [-0.05, 0) is 53.2 Å². The summed E-state index contributed by atoms with van der Waals surface area (Å²) in [6, 6.07) is 14.0. The van der Waals surface area contributed by atoms with E-state index in [0.717, 1.165) is 17.3 Å². The van der Waals surface area contributed by atoms with E-state index in [0.29, 0.717) is 21.2 Å². The summed E-state index contributed by atoms with van der Waals surface area (Å²) in [5.74, 6) is 0.197. The van der Waals surface area contributed by atoms with Gasteiger partial charge in [0.05, 0.1) is 4.91 Å². The average molecular weight is 376 g/mol. The van der Waals surface area contributed by atoms with Crippen LogP contribution in [-0.4, -0.2) is 22.9 Å². The Morgan fingerprint density at radius 2 is 1.96 bits per heavy atom. The van der Waals surface area contributed by atoms with Gasteiger partial charge in [0.2, 0.25) is 0 Å². The Morgan fingerprint density at radius 3 is 2.60 bits per heavy atom. The van der Waals surface area contributed by atoms with Crippen molar-refractivity contribution in [2.75, 3.05) is 6.61 Å². The zero-order chi connectivity index (χ0) is 17.8. The monoisotopic (exact) mass is 375 g/mol. The molecule has 0 aliphatic carbocycles. The average Bonchev–Trinajstić information content (AvgIpc) is 2.91. The van der Waals surface area contributed by atoms with Crippen LogP contribution in [0.4, 0.5) is 4.79 Å². The van der Waals surface area contributed by atoms with E-state index in [-0.39, 0.29) is 17.8 Å². The molecule has 25 heavy (non-hydrogen) atoms. The lowest BCUT2D eigenvalue weighted by Crippen LogP contribution is -2.17. The smallest absolute Gasteiger partial charge is 0.290 e. The first-order chi connectivity index (χ1) is 12.0. The van der Waals surface area contributed by atoms with Gasteiger partial charge in [-0.3, -0.25) is 14.9 Å². The highest BCUT2D eigenvalue weighted by Crippen LogP contribution is 2.26. The number of carbonyl (C=O) groups excluding carboxylic acids is 2. The highest BCUT2D eigenvalue weighted by Gasteiger charge is 2.24. The third-order valence-electron chi connectivity index (χ3n) is 3.46. The van der Waals surface area contributed by atoms with Crippen LogP contribution in [0.2, 0.25) is 5.02 Å². The molecule has 1 heterocycles. The van der Waals surface area contributed by atoms with E-state index in [1.807, 2.05) is 0 Å². The zero-order valence-electron chi connectivity index (χ0n) is 12.9. The summed E-state index contributed by atoms with van der Waals surface area (Å²) >= 11 is 6.78. The fourth-order valence-electron chi connectivity index (χ4n) is 2.22. The van der Waals surface area contributed by atoms with Gasteiger partial charge < -0.3 is 9.84 Å². The van der Waals surface area contributed by atoms with Crippen molar-refractivity contribution >= 4 is 40.6 Å². The second-order valence-corrected chi connectivity index (χ2v) is 6.75. The molecular formula is C18H14ClNO4S. The molecule has 1 fully saturated rings. The fourth-order valence-corrected chi connectivity index (χ4v) is 3.10. The van der Waals surface area contributed by atoms with Crippen molar-refractivity contribution in [3.63, 3.8) is 0 Å². The van der Waals surface area contributed by atoms with Crippen molar-refractivity contribution in [2.45, 2.75) is 6.10 Å². The maximum absolute atomic E-state index is 11.5. The maximum Gasteiger partial charge on any atom is 0.290 e. The van der Waals surface area contributed by atoms with E-state index in [2.05, 4.69) is 5.32 Å². The van der Waals surface area contributed by atoms with E-state index < -0.39 is 6.10 Å². The Morgan fingerprint density at radius 1 is 1.20 bits per heavy atom. The van der Waals surface area contributed by atoms with Gasteiger partial charge in [0.25, 0.3) is 11.1 Å². The van der Waals surface area contributed by atoms with Crippen LogP contribution < -0.4 is 10.1 Å². The van der Waals surface area contributed by atoms with Crippen LogP contribution >= 0.6 is 23.4 Å². The van der Waals surface area contributed by atoms with Crippen molar-refractivity contribution in [1.29, 1.82) is 0 Å². The van der Waals surface area contributed by atoms with E-state index in [1.54, 1.807) is 54.6 Å². The van der Waals surface area contributed by atoms with Crippen LogP contribution in [0.25, 0.3) is 6.08 Å². The second-order valence-electron chi connectivity index (χ2n) is 5.30. The van der Waals surface area contributed by atoms with E-state index in [4.69, 9.17) is 16.3 Å². The maximum atomic E-state index is 11.5. The van der Waals surface area contributed by atoms with E-state index in [9.17, 15) is 14.7 Å². The zero-order valence-corrected chi connectivity index (χ0v) is 14.5. The predicted octanol–water partition coefficient (Wildman–Crippen LogP) is 3.78. The number of carbonyl (C=O) groups is 2. The number of hydrogen-bond donors (Lipinski definition) is 2. The molecule has 2 amide bonds. The fraction of sp³-hybridized carbons (Fsp3) is 0.111. The van der Waals surface area contributed by atoms with Crippen LogP contribution in [-0.2, 0) is 4.79 Å². The lowest BCUT2D eigenvalue weighted by atomic mass is 10.1. The van der Waals surface area contributed by atoms with Crippen molar-refractivity contribution in [3.8, 4) is 5.75 Å². The number of thioether (sulfide) groups is 1. The molecule has 0 saturated carbocycles. The molecule has 1 aliphatic heterocycles. The van der Waals surface area contributed by atoms with E-state index in [1.165, 1.54) is 0 Å². The molecule has 0 radical (unpaired) electrons. The molecule has 0 spiro atoms. The van der Waals surface area contributed by atoms with Gasteiger partial charge in [-0.1, -0.05) is 35.9 Å². The number of aliphatic hydroxyl groups excluding tert-OH is 1. The predicted molar refractivity (Wildman–Crippen MR) is 97.5 cm³/mol. The molecule has 1 saturated heterocycles. The number of nitrogens with one attached hydrogen (secondary N) is 1. The first-order valence-electron chi connectivity index (χ1n) is 7.42. The molecular weight excluding hydrogens is 362 g/mol. The standard InChI is InChI=1S/C18H14ClNO4S/c19-13-3-1-2-12(9-13)15(21)10-24-14-6-4-11(5-7-14)8-16-17(22)20-18(23)25-16/h1-9,15,21H,10H2,(H,20,22,23)/b16-8-/t15-/m1/s1. The topological polar surface area (TPSA) is 75.6 Å². The van der Waals surface area contributed by atoms with Gasteiger partial charge in [0, 0.05) is 5.02 Å². The molecule has 7 heteroatoms. The number of amides is 2. The van der Waals surface area contributed by atoms with Crippen molar-refractivity contribution < 1.29 is 19.4 Å². The number of aliphatic hydroxyl groups is 1. The minimum Gasteiger partial charge on any atom is -0.491 e. The Balaban J connectivity index is 1.60. The highest BCUT2D eigenvalue weighted by molar-refractivity contribution is 8.18. The molecule has 3 rings (SSSR count).